The van der Waals surface area contributed by atoms with Crippen molar-refractivity contribution in [2.45, 2.75) is 6.92 Å². The summed E-state index contributed by atoms with van der Waals surface area (Å²) in [6.07, 6.45) is 0. The van der Waals surface area contributed by atoms with E-state index in [1.54, 1.807) is 0 Å². The highest BCUT2D eigenvalue weighted by Crippen LogP contribution is 2.27. The maximum Gasteiger partial charge on any atom is 0.162 e. The molecular weight excluding hydrogens is 258 g/mol. The molecule has 1 heterocycles. The molecular formula is C15H12ClN3. The Kier molecular flexibility index (Phi) is 2.84. The second kappa shape index (κ2) is 4.52. The Balaban J connectivity index is 2.28. The monoisotopic (exact) mass is 269 g/mol. The van der Waals surface area contributed by atoms with E-state index in [4.69, 9.17) is 17.3 Å². The number of hydrogen-bond donors (Lipinski definition) is 1. The lowest BCUT2D eigenvalue weighted by Crippen LogP contribution is -1.98. The van der Waals surface area contributed by atoms with Gasteiger partial charge in [0.15, 0.2) is 5.82 Å². The average molecular weight is 270 g/mol. The van der Waals surface area contributed by atoms with Crippen LogP contribution >= 0.6 is 11.6 Å². The second-order valence-electron chi connectivity index (χ2n) is 4.41. The molecule has 0 unspecified atom stereocenters. The number of hydrogen-bond acceptors (Lipinski definition) is 3. The van der Waals surface area contributed by atoms with Crippen molar-refractivity contribution in [2.24, 2.45) is 0 Å². The summed E-state index contributed by atoms with van der Waals surface area (Å²) in [5.41, 5.74) is 8.81. The maximum atomic E-state index is 6.04. The van der Waals surface area contributed by atoms with Gasteiger partial charge in [0.1, 0.15) is 5.82 Å². The topological polar surface area (TPSA) is 51.8 Å². The molecule has 0 atom stereocenters. The van der Waals surface area contributed by atoms with Crippen molar-refractivity contribution >= 4 is 28.3 Å². The third-order valence-corrected chi connectivity index (χ3v) is 3.31. The van der Waals surface area contributed by atoms with Crippen molar-refractivity contribution in [1.82, 2.24) is 9.97 Å². The highest BCUT2D eigenvalue weighted by molar-refractivity contribution is 6.30. The zero-order chi connectivity index (χ0) is 13.4. The first kappa shape index (κ1) is 11.9. The standard InChI is InChI=1S/C15H12ClN3/c1-9-6-7-10(16)8-12(9)15-18-13-5-3-2-4-11(13)14(17)19-15/h2-8H,1H3,(H2,17,18,19). The Bertz CT molecular complexity index is 768. The van der Waals surface area contributed by atoms with E-state index in [1.807, 2.05) is 49.4 Å². The summed E-state index contributed by atoms with van der Waals surface area (Å²) in [6, 6.07) is 13.4. The summed E-state index contributed by atoms with van der Waals surface area (Å²) in [6.45, 7) is 2.00. The molecule has 0 fully saturated rings. The first-order valence-electron chi connectivity index (χ1n) is 5.94. The molecule has 0 aliphatic heterocycles. The van der Waals surface area contributed by atoms with Gasteiger partial charge in [-0.25, -0.2) is 9.97 Å². The Morgan fingerprint density at radius 3 is 2.68 bits per heavy atom. The van der Waals surface area contributed by atoms with Crippen LogP contribution in [-0.2, 0) is 0 Å². The fourth-order valence-electron chi connectivity index (χ4n) is 2.06. The van der Waals surface area contributed by atoms with Gasteiger partial charge >= 0.3 is 0 Å². The molecule has 3 aromatic rings. The molecule has 0 bridgehead atoms. The van der Waals surface area contributed by atoms with Crippen molar-refractivity contribution in [3.63, 3.8) is 0 Å². The van der Waals surface area contributed by atoms with E-state index in [0.29, 0.717) is 16.7 Å². The van der Waals surface area contributed by atoms with Gasteiger partial charge in [0.05, 0.1) is 5.52 Å². The Morgan fingerprint density at radius 1 is 1.05 bits per heavy atom. The van der Waals surface area contributed by atoms with Crippen LogP contribution in [0, 0.1) is 6.92 Å². The van der Waals surface area contributed by atoms with Crippen LogP contribution in [-0.4, -0.2) is 9.97 Å². The zero-order valence-electron chi connectivity index (χ0n) is 10.4. The highest BCUT2D eigenvalue weighted by Gasteiger charge is 2.09. The van der Waals surface area contributed by atoms with Crippen LogP contribution in [0.2, 0.25) is 5.02 Å². The number of aromatic nitrogens is 2. The predicted molar refractivity (Wildman–Crippen MR) is 79.1 cm³/mol. The Morgan fingerprint density at radius 2 is 1.84 bits per heavy atom. The van der Waals surface area contributed by atoms with Gasteiger partial charge in [0.25, 0.3) is 0 Å². The van der Waals surface area contributed by atoms with E-state index in [9.17, 15) is 0 Å². The SMILES string of the molecule is Cc1ccc(Cl)cc1-c1nc(N)c2ccccc2n1. The van der Waals surface area contributed by atoms with Crippen LogP contribution in [0.15, 0.2) is 42.5 Å². The van der Waals surface area contributed by atoms with E-state index in [2.05, 4.69) is 9.97 Å². The predicted octanol–water partition coefficient (Wildman–Crippen LogP) is 3.84. The second-order valence-corrected chi connectivity index (χ2v) is 4.85. The molecule has 0 saturated heterocycles. The minimum Gasteiger partial charge on any atom is -0.383 e. The summed E-state index contributed by atoms with van der Waals surface area (Å²) >= 11 is 6.04. The van der Waals surface area contributed by atoms with Gasteiger partial charge in [0.2, 0.25) is 0 Å². The zero-order valence-corrected chi connectivity index (χ0v) is 11.1. The normalized spacial score (nSPS) is 10.8. The van der Waals surface area contributed by atoms with Crippen LogP contribution < -0.4 is 5.73 Å². The molecule has 2 N–H and O–H groups in total. The first-order valence-corrected chi connectivity index (χ1v) is 6.32. The van der Waals surface area contributed by atoms with Gasteiger partial charge in [-0.3, -0.25) is 0 Å². The Labute approximate surface area is 116 Å². The summed E-state index contributed by atoms with van der Waals surface area (Å²) in [7, 11) is 0. The largest absolute Gasteiger partial charge is 0.383 e. The summed E-state index contributed by atoms with van der Waals surface area (Å²) in [5, 5.41) is 1.53. The van der Waals surface area contributed by atoms with Crippen molar-refractivity contribution in [2.75, 3.05) is 5.73 Å². The number of anilines is 1. The van der Waals surface area contributed by atoms with Gasteiger partial charge in [-0.15, -0.1) is 0 Å². The van der Waals surface area contributed by atoms with E-state index in [1.165, 1.54) is 0 Å². The van der Waals surface area contributed by atoms with Gasteiger partial charge in [-0.1, -0.05) is 29.8 Å². The fourth-order valence-corrected chi connectivity index (χ4v) is 2.23. The molecule has 3 rings (SSSR count). The number of nitrogen functional groups attached to an aromatic ring is 1. The van der Waals surface area contributed by atoms with E-state index >= 15 is 0 Å². The number of benzene rings is 2. The number of aryl methyl sites for hydroxylation is 1. The molecule has 1 aromatic heterocycles. The summed E-state index contributed by atoms with van der Waals surface area (Å²) < 4.78 is 0. The lowest BCUT2D eigenvalue weighted by atomic mass is 10.1. The van der Waals surface area contributed by atoms with E-state index in [-0.39, 0.29) is 0 Å². The summed E-state index contributed by atoms with van der Waals surface area (Å²) in [4.78, 5) is 8.94. The molecule has 0 aliphatic rings. The van der Waals surface area contributed by atoms with E-state index < -0.39 is 0 Å². The molecule has 4 heteroatoms. The molecule has 2 aromatic carbocycles. The van der Waals surface area contributed by atoms with Crippen LogP contribution in [0.25, 0.3) is 22.3 Å². The molecule has 3 nitrogen and oxygen atoms in total. The lowest BCUT2D eigenvalue weighted by molar-refractivity contribution is 1.22. The fraction of sp³-hybridized carbons (Fsp3) is 0.0667. The van der Waals surface area contributed by atoms with Gasteiger partial charge in [-0.2, -0.15) is 0 Å². The number of halogens is 1. The molecule has 0 saturated carbocycles. The quantitative estimate of drug-likeness (QED) is 0.730. The van der Waals surface area contributed by atoms with Crippen LogP contribution in [0.1, 0.15) is 5.56 Å². The van der Waals surface area contributed by atoms with E-state index in [0.717, 1.165) is 22.0 Å². The van der Waals surface area contributed by atoms with Crippen molar-refractivity contribution < 1.29 is 0 Å². The molecule has 0 amide bonds. The maximum absolute atomic E-state index is 6.04. The smallest absolute Gasteiger partial charge is 0.162 e. The number of nitrogens with zero attached hydrogens (tertiary/aromatic N) is 2. The van der Waals surface area contributed by atoms with Crippen LogP contribution in [0.5, 0.6) is 0 Å². The molecule has 0 radical (unpaired) electrons. The number of para-hydroxylation sites is 1. The molecule has 19 heavy (non-hydrogen) atoms. The first-order chi connectivity index (χ1) is 9.15. The Hall–Kier alpha value is -2.13. The number of rotatable bonds is 1. The minimum atomic E-state index is 0.486. The molecule has 0 spiro atoms. The summed E-state index contributed by atoms with van der Waals surface area (Å²) in [5.74, 6) is 1.09. The van der Waals surface area contributed by atoms with Crippen LogP contribution in [0.3, 0.4) is 0 Å². The number of nitrogens with two attached hydrogens (primary N) is 1. The van der Waals surface area contributed by atoms with Crippen molar-refractivity contribution in [3.8, 4) is 11.4 Å². The number of fused-ring (bicyclic) bond motifs is 1. The molecule has 0 aliphatic carbocycles. The average Bonchev–Trinajstić information content (AvgIpc) is 2.41. The van der Waals surface area contributed by atoms with Gasteiger partial charge in [0, 0.05) is 16.0 Å². The highest BCUT2D eigenvalue weighted by atomic mass is 35.5. The third kappa shape index (κ3) is 2.13. The van der Waals surface area contributed by atoms with Crippen LogP contribution in [0.4, 0.5) is 5.82 Å². The third-order valence-electron chi connectivity index (χ3n) is 3.07. The molecule has 94 valence electrons. The van der Waals surface area contributed by atoms with Crippen molar-refractivity contribution in [1.29, 1.82) is 0 Å². The minimum absolute atomic E-state index is 0.486. The van der Waals surface area contributed by atoms with Crippen molar-refractivity contribution in [3.05, 3.63) is 53.1 Å². The van der Waals surface area contributed by atoms with Gasteiger partial charge in [-0.05, 0) is 36.8 Å². The van der Waals surface area contributed by atoms with Gasteiger partial charge < -0.3 is 5.73 Å². The lowest BCUT2D eigenvalue weighted by Gasteiger charge is -2.08.